The number of nitriles is 1. The lowest BCUT2D eigenvalue weighted by Crippen LogP contribution is -1.87. The third-order valence-electron chi connectivity index (χ3n) is 2.77. The molecule has 2 N–H and O–H groups in total. The summed E-state index contributed by atoms with van der Waals surface area (Å²) < 4.78 is 4.35. The quantitative estimate of drug-likeness (QED) is 0.603. The second-order valence-electron chi connectivity index (χ2n) is 4.06. The fraction of sp³-hybridized carbons (Fsp3) is 0.200. The van der Waals surface area contributed by atoms with Crippen LogP contribution in [0.1, 0.15) is 24.4 Å². The highest BCUT2D eigenvalue weighted by Gasteiger charge is 2.11. The molecule has 3 rings (SSSR count). The van der Waals surface area contributed by atoms with E-state index in [0.29, 0.717) is 10.6 Å². The number of halogens is 1. The minimum Gasteiger partial charge on any atom is -0.358 e. The summed E-state index contributed by atoms with van der Waals surface area (Å²) in [6.45, 7) is 5.97. The van der Waals surface area contributed by atoms with Gasteiger partial charge in [0.15, 0.2) is 0 Å². The largest absolute Gasteiger partial charge is 0.358 e. The second-order valence-corrected chi connectivity index (χ2v) is 6.81. The molecule has 4 nitrogen and oxygen atoms in total. The van der Waals surface area contributed by atoms with Crippen molar-refractivity contribution >= 4 is 51.5 Å². The van der Waals surface area contributed by atoms with E-state index in [1.54, 1.807) is 23.6 Å². The van der Waals surface area contributed by atoms with Crippen molar-refractivity contribution in [2.45, 2.75) is 25.0 Å². The highest BCUT2D eigenvalue weighted by molar-refractivity contribution is 8.02. The number of rotatable bonds is 3. The van der Waals surface area contributed by atoms with Gasteiger partial charge in [0, 0.05) is 11.6 Å². The summed E-state index contributed by atoms with van der Waals surface area (Å²) in [6, 6.07) is 5.82. The van der Waals surface area contributed by atoms with E-state index in [-0.39, 0.29) is 0 Å². The Bertz CT molecular complexity index is 817. The number of benzene rings is 1. The van der Waals surface area contributed by atoms with Crippen molar-refractivity contribution in [1.82, 2.24) is 9.97 Å². The number of hydrogen-bond acceptors (Lipinski definition) is 5. The van der Waals surface area contributed by atoms with Crippen molar-refractivity contribution in [3.63, 3.8) is 0 Å². The van der Waals surface area contributed by atoms with Crippen LogP contribution in [0.25, 0.3) is 10.9 Å². The van der Waals surface area contributed by atoms with Gasteiger partial charge in [-0.3, -0.25) is 0 Å². The number of H-pyrrole nitrogens is 1. The van der Waals surface area contributed by atoms with Crippen LogP contribution < -0.4 is 4.72 Å². The van der Waals surface area contributed by atoms with E-state index in [0.717, 1.165) is 25.8 Å². The predicted octanol–water partition coefficient (Wildman–Crippen LogP) is 5.60. The topological polar surface area (TPSA) is 64.5 Å². The van der Waals surface area contributed by atoms with Crippen molar-refractivity contribution in [2.24, 2.45) is 0 Å². The van der Waals surface area contributed by atoms with Crippen molar-refractivity contribution in [2.75, 3.05) is 4.72 Å². The van der Waals surface area contributed by atoms with Gasteiger partial charge >= 0.3 is 0 Å². The minimum atomic E-state index is 0.548. The molecule has 1 aromatic carbocycles. The normalized spacial score (nSPS) is 9.95. The van der Waals surface area contributed by atoms with Crippen LogP contribution in [-0.2, 0) is 0 Å². The van der Waals surface area contributed by atoms with Gasteiger partial charge in [0.2, 0.25) is 0 Å². The molecule has 2 aromatic heterocycles. The molecule has 0 saturated heterocycles. The Morgan fingerprint density at radius 3 is 2.82 bits per heavy atom. The zero-order chi connectivity index (χ0) is 16.1. The average Bonchev–Trinajstić information content (AvgIpc) is 3.15. The number of fused-ring (bicyclic) bond motifs is 1. The highest BCUT2D eigenvalue weighted by Crippen LogP contribution is 2.34. The third kappa shape index (κ3) is 3.38. The van der Waals surface area contributed by atoms with Gasteiger partial charge in [0.05, 0.1) is 33.0 Å². The number of nitrogens with one attached hydrogen (secondary N) is 2. The Morgan fingerprint density at radius 2 is 2.18 bits per heavy atom. The van der Waals surface area contributed by atoms with Crippen LogP contribution in [0.5, 0.6) is 0 Å². The maximum absolute atomic E-state index is 9.09. The van der Waals surface area contributed by atoms with Crippen LogP contribution in [0, 0.1) is 18.3 Å². The lowest BCUT2D eigenvalue weighted by Gasteiger charge is -2.06. The number of hydrogen-bond donors (Lipinski definition) is 2. The van der Waals surface area contributed by atoms with E-state index >= 15 is 0 Å². The summed E-state index contributed by atoms with van der Waals surface area (Å²) in [5.74, 6) is 0. The third-order valence-corrected chi connectivity index (χ3v) is 4.92. The van der Waals surface area contributed by atoms with Crippen LogP contribution in [0.2, 0.25) is 5.02 Å². The van der Waals surface area contributed by atoms with Crippen molar-refractivity contribution in [3.8, 4) is 6.07 Å². The molecular weight excluding hydrogens is 336 g/mol. The molecule has 0 unspecified atom stereocenters. The molecular formula is C15H15ClN4S2. The van der Waals surface area contributed by atoms with Crippen molar-refractivity contribution in [3.05, 3.63) is 40.1 Å². The van der Waals surface area contributed by atoms with E-state index in [9.17, 15) is 0 Å². The molecule has 0 atom stereocenters. The van der Waals surface area contributed by atoms with Crippen molar-refractivity contribution in [1.29, 1.82) is 5.26 Å². The first kappa shape index (κ1) is 16.7. The molecule has 0 spiro atoms. The zero-order valence-electron chi connectivity index (χ0n) is 12.4. The van der Waals surface area contributed by atoms with Crippen LogP contribution in [0.3, 0.4) is 0 Å². The lowest BCUT2D eigenvalue weighted by molar-refractivity contribution is 1.28. The van der Waals surface area contributed by atoms with Gasteiger partial charge in [0.1, 0.15) is 10.3 Å². The molecule has 0 radical (unpaired) electrons. The molecule has 0 aliphatic heterocycles. The Hall–Kier alpha value is -1.68. The summed E-state index contributed by atoms with van der Waals surface area (Å²) in [7, 11) is 0. The molecule has 0 bridgehead atoms. The van der Waals surface area contributed by atoms with Crippen LogP contribution >= 0.6 is 34.9 Å². The van der Waals surface area contributed by atoms with Gasteiger partial charge in [-0.15, -0.1) is 11.3 Å². The van der Waals surface area contributed by atoms with E-state index in [2.05, 4.69) is 20.8 Å². The van der Waals surface area contributed by atoms with Gasteiger partial charge in [-0.1, -0.05) is 25.4 Å². The second kappa shape index (κ2) is 7.54. The first-order valence-corrected chi connectivity index (χ1v) is 8.75. The van der Waals surface area contributed by atoms with Gasteiger partial charge in [-0.25, -0.2) is 4.98 Å². The van der Waals surface area contributed by atoms with E-state index in [4.69, 9.17) is 16.9 Å². The van der Waals surface area contributed by atoms with E-state index in [1.807, 2.05) is 33.0 Å². The van der Waals surface area contributed by atoms with E-state index in [1.165, 1.54) is 11.9 Å². The molecule has 3 aromatic rings. The minimum absolute atomic E-state index is 0.548. The number of thiazole rings is 1. The number of aromatic amines is 1. The monoisotopic (exact) mass is 350 g/mol. The molecule has 0 saturated carbocycles. The van der Waals surface area contributed by atoms with Gasteiger partial charge in [-0.2, -0.15) is 5.26 Å². The maximum atomic E-state index is 9.09. The number of aryl methyl sites for hydroxylation is 1. The van der Waals surface area contributed by atoms with Crippen LogP contribution in [0.4, 0.5) is 5.69 Å². The van der Waals surface area contributed by atoms with Crippen LogP contribution in [0.15, 0.2) is 28.7 Å². The smallest absolute Gasteiger partial charge is 0.101 e. The molecule has 114 valence electrons. The maximum Gasteiger partial charge on any atom is 0.101 e. The molecule has 2 heterocycles. The predicted molar refractivity (Wildman–Crippen MR) is 95.7 cm³/mol. The standard InChI is InChI=1S/C13H9ClN4S2.C2H6/c1-7-16-6-11(19-7)20-18-10-3-2-9(14)12-8(4-15)5-17-13(10)12;1-2/h2-3,5-6,17-18H,1H3;1-2H3. The number of nitrogens with zero attached hydrogens (tertiary/aromatic N) is 2. The lowest BCUT2D eigenvalue weighted by atomic mass is 10.1. The Labute approximate surface area is 142 Å². The summed E-state index contributed by atoms with van der Waals surface area (Å²) in [6.07, 6.45) is 3.50. The summed E-state index contributed by atoms with van der Waals surface area (Å²) in [4.78, 5) is 7.30. The fourth-order valence-electron chi connectivity index (χ4n) is 1.87. The zero-order valence-corrected chi connectivity index (χ0v) is 14.8. The molecule has 22 heavy (non-hydrogen) atoms. The van der Waals surface area contributed by atoms with Gasteiger partial charge in [0.25, 0.3) is 0 Å². The highest BCUT2D eigenvalue weighted by atomic mass is 35.5. The van der Waals surface area contributed by atoms with Crippen LogP contribution in [-0.4, -0.2) is 9.97 Å². The molecule has 0 fully saturated rings. The number of anilines is 1. The Balaban J connectivity index is 0.000000847. The summed E-state index contributed by atoms with van der Waals surface area (Å²) in [5.41, 5.74) is 2.28. The van der Waals surface area contributed by atoms with Gasteiger partial charge in [-0.05, 0) is 31.0 Å². The first-order valence-electron chi connectivity index (χ1n) is 6.74. The summed E-state index contributed by atoms with van der Waals surface area (Å²) in [5, 5.41) is 11.4. The van der Waals surface area contributed by atoms with E-state index < -0.39 is 0 Å². The molecule has 7 heteroatoms. The average molecular weight is 351 g/mol. The molecule has 0 aliphatic carbocycles. The molecule has 0 amide bonds. The van der Waals surface area contributed by atoms with Crippen molar-refractivity contribution < 1.29 is 0 Å². The fourth-order valence-corrected chi connectivity index (χ4v) is 3.78. The van der Waals surface area contributed by atoms with Gasteiger partial charge < -0.3 is 9.71 Å². The first-order chi connectivity index (χ1) is 10.7. The SMILES string of the molecule is CC.Cc1ncc(SNc2ccc(Cl)c3c(C#N)c[nH]c23)s1. The molecule has 0 aliphatic rings. The summed E-state index contributed by atoms with van der Waals surface area (Å²) >= 11 is 9.28. The Morgan fingerprint density at radius 1 is 1.41 bits per heavy atom. The Kier molecular flexibility index (Phi) is 5.72. The number of aromatic nitrogens is 2.